The molecule has 0 radical (unpaired) electrons. The van der Waals surface area contributed by atoms with Crippen molar-refractivity contribution in [3.63, 3.8) is 0 Å². The molecule has 1 amide bonds. The van der Waals surface area contributed by atoms with Gasteiger partial charge in [0.15, 0.2) is 0 Å². The summed E-state index contributed by atoms with van der Waals surface area (Å²) in [4.78, 5) is 28.5. The van der Waals surface area contributed by atoms with Crippen molar-refractivity contribution in [1.82, 2.24) is 9.88 Å². The lowest BCUT2D eigenvalue weighted by atomic mass is 9.97. The summed E-state index contributed by atoms with van der Waals surface area (Å²) in [6, 6.07) is 6.04. The van der Waals surface area contributed by atoms with Crippen molar-refractivity contribution in [3.05, 3.63) is 35.0 Å². The summed E-state index contributed by atoms with van der Waals surface area (Å²) in [7, 11) is 0. The monoisotopic (exact) mass is 300 g/mol. The number of hydrogen-bond donors (Lipinski definition) is 2. The van der Waals surface area contributed by atoms with Gasteiger partial charge in [0.1, 0.15) is 5.69 Å². The summed E-state index contributed by atoms with van der Waals surface area (Å²) in [5.74, 6) is -1.13. The molecule has 1 fully saturated rings. The summed E-state index contributed by atoms with van der Waals surface area (Å²) in [6.07, 6.45) is 1.05. The number of fused-ring (bicyclic) bond motifs is 1. The number of piperidine rings is 1. The summed E-state index contributed by atoms with van der Waals surface area (Å²) in [5, 5.41) is 10.1. The maximum atomic E-state index is 12.6. The van der Waals surface area contributed by atoms with Gasteiger partial charge in [-0.2, -0.15) is 0 Å². The van der Waals surface area contributed by atoms with E-state index < -0.39 is 5.97 Å². The lowest BCUT2D eigenvalue weighted by Crippen LogP contribution is -2.40. The van der Waals surface area contributed by atoms with Gasteiger partial charge in [-0.3, -0.25) is 9.59 Å². The van der Waals surface area contributed by atoms with Gasteiger partial charge in [0.05, 0.1) is 5.92 Å². The number of carbonyl (C=O) groups excluding carboxylic acids is 1. The van der Waals surface area contributed by atoms with Crippen molar-refractivity contribution in [2.75, 3.05) is 13.1 Å². The van der Waals surface area contributed by atoms with Gasteiger partial charge in [-0.05, 0) is 49.9 Å². The zero-order chi connectivity index (χ0) is 15.9. The quantitative estimate of drug-likeness (QED) is 0.895. The van der Waals surface area contributed by atoms with E-state index in [9.17, 15) is 9.59 Å². The van der Waals surface area contributed by atoms with Crippen molar-refractivity contribution in [2.45, 2.75) is 26.7 Å². The Labute approximate surface area is 128 Å². The average molecular weight is 300 g/mol. The molecule has 0 atom stereocenters. The second-order valence-corrected chi connectivity index (χ2v) is 6.13. The van der Waals surface area contributed by atoms with Gasteiger partial charge in [0.25, 0.3) is 5.91 Å². The highest BCUT2D eigenvalue weighted by Crippen LogP contribution is 2.24. The number of rotatable bonds is 2. The Morgan fingerprint density at radius 3 is 2.50 bits per heavy atom. The lowest BCUT2D eigenvalue weighted by Gasteiger charge is -2.29. The van der Waals surface area contributed by atoms with Crippen molar-refractivity contribution >= 4 is 22.8 Å². The second kappa shape index (κ2) is 5.48. The number of amides is 1. The van der Waals surface area contributed by atoms with Crippen LogP contribution in [0.2, 0.25) is 0 Å². The zero-order valence-corrected chi connectivity index (χ0v) is 12.8. The SMILES string of the molecule is Cc1cc(C)c2cc(C(=O)N3CCC(C(=O)O)CC3)[nH]c2c1. The molecule has 116 valence electrons. The van der Waals surface area contributed by atoms with Crippen molar-refractivity contribution in [2.24, 2.45) is 5.92 Å². The largest absolute Gasteiger partial charge is 0.481 e. The first-order chi connectivity index (χ1) is 10.5. The Morgan fingerprint density at radius 1 is 1.18 bits per heavy atom. The number of carbonyl (C=O) groups is 2. The molecule has 3 rings (SSSR count). The fraction of sp³-hybridized carbons (Fsp3) is 0.412. The Bertz CT molecular complexity index is 740. The molecule has 0 aliphatic carbocycles. The third-order valence-electron chi connectivity index (χ3n) is 4.45. The molecule has 1 aromatic heterocycles. The molecule has 1 aromatic carbocycles. The van der Waals surface area contributed by atoms with E-state index in [1.165, 1.54) is 0 Å². The molecule has 1 aliphatic rings. The van der Waals surface area contributed by atoms with E-state index in [2.05, 4.69) is 11.1 Å². The van der Waals surface area contributed by atoms with Crippen LogP contribution in [0.3, 0.4) is 0 Å². The minimum Gasteiger partial charge on any atom is -0.481 e. The fourth-order valence-corrected chi connectivity index (χ4v) is 3.21. The topological polar surface area (TPSA) is 73.4 Å². The number of aromatic nitrogens is 1. The first kappa shape index (κ1) is 14.6. The molecule has 22 heavy (non-hydrogen) atoms. The van der Waals surface area contributed by atoms with E-state index >= 15 is 0 Å². The van der Waals surface area contributed by atoms with E-state index in [1.807, 2.05) is 26.0 Å². The van der Waals surface area contributed by atoms with E-state index in [0.717, 1.165) is 22.0 Å². The fourth-order valence-electron chi connectivity index (χ4n) is 3.21. The molecule has 0 spiro atoms. The van der Waals surface area contributed by atoms with Gasteiger partial charge >= 0.3 is 5.97 Å². The van der Waals surface area contributed by atoms with E-state index in [4.69, 9.17) is 5.11 Å². The van der Waals surface area contributed by atoms with Crippen LogP contribution in [-0.4, -0.2) is 40.0 Å². The Kier molecular flexibility index (Phi) is 3.64. The first-order valence-corrected chi connectivity index (χ1v) is 7.58. The minimum absolute atomic E-state index is 0.0444. The van der Waals surface area contributed by atoms with E-state index in [0.29, 0.717) is 31.6 Å². The lowest BCUT2D eigenvalue weighted by molar-refractivity contribution is -0.143. The molecule has 5 nitrogen and oxygen atoms in total. The van der Waals surface area contributed by atoms with E-state index in [-0.39, 0.29) is 11.8 Å². The normalized spacial score (nSPS) is 16.2. The minimum atomic E-state index is -0.760. The van der Waals surface area contributed by atoms with Crippen LogP contribution < -0.4 is 0 Å². The summed E-state index contributed by atoms with van der Waals surface area (Å²) >= 11 is 0. The van der Waals surface area contributed by atoms with Gasteiger partial charge in [0.2, 0.25) is 0 Å². The van der Waals surface area contributed by atoms with Crippen LogP contribution in [0.25, 0.3) is 10.9 Å². The highest BCUT2D eigenvalue weighted by Gasteiger charge is 2.28. The maximum absolute atomic E-state index is 12.6. The molecule has 2 N–H and O–H groups in total. The number of carboxylic acid groups (broad SMARTS) is 1. The number of H-pyrrole nitrogens is 1. The molecular weight excluding hydrogens is 280 g/mol. The molecule has 0 saturated carbocycles. The van der Waals surface area contributed by atoms with Crippen LogP contribution in [0.4, 0.5) is 0 Å². The van der Waals surface area contributed by atoms with E-state index in [1.54, 1.807) is 4.90 Å². The summed E-state index contributed by atoms with van der Waals surface area (Å²) < 4.78 is 0. The number of benzene rings is 1. The van der Waals surface area contributed by atoms with Crippen LogP contribution >= 0.6 is 0 Å². The Morgan fingerprint density at radius 2 is 1.86 bits per heavy atom. The number of hydrogen-bond acceptors (Lipinski definition) is 2. The van der Waals surface area contributed by atoms with Crippen molar-refractivity contribution < 1.29 is 14.7 Å². The molecule has 0 bridgehead atoms. The molecule has 1 saturated heterocycles. The number of carboxylic acids is 1. The van der Waals surface area contributed by atoms with Crippen molar-refractivity contribution in [1.29, 1.82) is 0 Å². The third kappa shape index (κ3) is 2.58. The van der Waals surface area contributed by atoms with Gasteiger partial charge in [-0.25, -0.2) is 0 Å². The summed E-state index contributed by atoms with van der Waals surface area (Å²) in [6.45, 7) is 5.08. The predicted octanol–water partition coefficient (Wildman–Crippen LogP) is 2.72. The average Bonchev–Trinajstić information content (AvgIpc) is 2.90. The molecular formula is C17H20N2O3. The zero-order valence-electron chi connectivity index (χ0n) is 12.8. The number of aliphatic carboxylic acids is 1. The number of nitrogens with zero attached hydrogens (tertiary/aromatic N) is 1. The second-order valence-electron chi connectivity index (χ2n) is 6.13. The Balaban J connectivity index is 1.81. The smallest absolute Gasteiger partial charge is 0.306 e. The standard InChI is InChI=1S/C17H20N2O3/c1-10-7-11(2)13-9-15(18-14(13)8-10)16(20)19-5-3-12(4-6-19)17(21)22/h7-9,12,18H,3-6H2,1-2H3,(H,21,22). The predicted molar refractivity (Wildman–Crippen MR) is 84.0 cm³/mol. The Hall–Kier alpha value is -2.30. The number of likely N-dealkylation sites (tertiary alicyclic amines) is 1. The molecule has 0 unspecified atom stereocenters. The maximum Gasteiger partial charge on any atom is 0.306 e. The van der Waals surface area contributed by atoms with Crippen LogP contribution in [-0.2, 0) is 4.79 Å². The van der Waals surface area contributed by atoms with Gasteiger partial charge in [-0.15, -0.1) is 0 Å². The van der Waals surface area contributed by atoms with Crippen LogP contribution in [0.5, 0.6) is 0 Å². The van der Waals surface area contributed by atoms with Gasteiger partial charge < -0.3 is 15.0 Å². The van der Waals surface area contributed by atoms with Crippen LogP contribution in [0.15, 0.2) is 18.2 Å². The molecule has 1 aliphatic heterocycles. The molecule has 5 heteroatoms. The van der Waals surface area contributed by atoms with Crippen LogP contribution in [0.1, 0.15) is 34.5 Å². The first-order valence-electron chi connectivity index (χ1n) is 7.58. The highest BCUT2D eigenvalue weighted by atomic mass is 16.4. The number of nitrogens with one attached hydrogen (secondary N) is 1. The van der Waals surface area contributed by atoms with Gasteiger partial charge in [-0.1, -0.05) is 6.07 Å². The summed E-state index contributed by atoms with van der Waals surface area (Å²) in [5.41, 5.74) is 3.86. The third-order valence-corrected chi connectivity index (χ3v) is 4.45. The number of aromatic amines is 1. The molecule has 2 heterocycles. The van der Waals surface area contributed by atoms with Gasteiger partial charge in [0, 0.05) is 24.0 Å². The highest BCUT2D eigenvalue weighted by molar-refractivity contribution is 5.99. The van der Waals surface area contributed by atoms with Crippen molar-refractivity contribution in [3.8, 4) is 0 Å². The molecule has 2 aromatic rings. The number of aryl methyl sites for hydroxylation is 2. The van der Waals surface area contributed by atoms with Crippen LogP contribution in [0, 0.1) is 19.8 Å².